The fourth-order valence-corrected chi connectivity index (χ4v) is 5.43. The highest BCUT2D eigenvalue weighted by Gasteiger charge is 2.35. The van der Waals surface area contributed by atoms with Crippen molar-refractivity contribution in [2.45, 2.75) is 24.6 Å². The number of nitrogens with zero attached hydrogens (tertiary/aromatic N) is 1. The third-order valence-corrected chi connectivity index (χ3v) is 7.46. The molecular formula is C27H30ClNO6S. The zero-order valence-electron chi connectivity index (χ0n) is 23.1. The van der Waals surface area contributed by atoms with E-state index in [4.69, 9.17) is 29.9 Å². The Morgan fingerprint density at radius 2 is 2.06 bits per heavy atom. The Kier molecular flexibility index (Phi) is 8.83. The lowest BCUT2D eigenvalue weighted by atomic mass is 9.98. The molecule has 0 spiro atoms. The summed E-state index contributed by atoms with van der Waals surface area (Å²) in [5, 5.41) is 0.233. The summed E-state index contributed by atoms with van der Waals surface area (Å²) in [5.74, 6) is -1.02. The second-order valence-electron chi connectivity index (χ2n) is 8.03. The van der Waals surface area contributed by atoms with Crippen LogP contribution in [0.15, 0.2) is 60.2 Å². The number of thioether (sulfide) groups is 1. The number of halogens is 1. The molecule has 9 heteroatoms. The molecule has 1 fully saturated rings. The van der Waals surface area contributed by atoms with E-state index in [9.17, 15) is 14.4 Å². The zero-order valence-corrected chi connectivity index (χ0v) is 21.6. The molecule has 1 saturated heterocycles. The molecule has 3 rings (SSSR count). The van der Waals surface area contributed by atoms with Gasteiger partial charge in [0, 0.05) is 35.0 Å². The van der Waals surface area contributed by atoms with Crippen molar-refractivity contribution in [3.63, 3.8) is 0 Å². The monoisotopic (exact) mass is 535 g/mol. The van der Waals surface area contributed by atoms with Gasteiger partial charge in [-0.1, -0.05) is 41.9 Å². The summed E-state index contributed by atoms with van der Waals surface area (Å²) in [6.07, 6.45) is 1.97. The summed E-state index contributed by atoms with van der Waals surface area (Å²) in [6, 6.07) is 12.3. The van der Waals surface area contributed by atoms with Gasteiger partial charge in [-0.3, -0.25) is 9.69 Å². The maximum absolute atomic E-state index is 12.9. The van der Waals surface area contributed by atoms with Gasteiger partial charge in [-0.15, -0.1) is 11.8 Å². The maximum Gasteiger partial charge on any atom is 0.330 e. The summed E-state index contributed by atoms with van der Waals surface area (Å²) in [6.45, 7) is 2.67. The molecule has 2 aromatic rings. The molecule has 0 N–H and O–H groups in total. The lowest BCUT2D eigenvalue weighted by Crippen LogP contribution is -2.43. The van der Waals surface area contributed by atoms with E-state index in [1.54, 1.807) is 43.3 Å². The van der Waals surface area contributed by atoms with Crippen molar-refractivity contribution in [3.8, 4) is 5.75 Å². The molecule has 0 aromatic heterocycles. The van der Waals surface area contributed by atoms with Crippen LogP contribution in [0.3, 0.4) is 0 Å². The van der Waals surface area contributed by atoms with Crippen LogP contribution in [0.25, 0.3) is 0 Å². The maximum atomic E-state index is 12.9. The van der Waals surface area contributed by atoms with Crippen LogP contribution in [0.1, 0.15) is 39.4 Å². The fourth-order valence-electron chi connectivity index (χ4n) is 4.04. The fraction of sp³-hybridized carbons (Fsp3) is 0.370. The largest absolute Gasteiger partial charge is 0.497 e. The first kappa shape index (κ1) is 23.6. The van der Waals surface area contributed by atoms with E-state index in [2.05, 4.69) is 0 Å². The standard InChI is InChI=1S/C27H30ClNO6S/c1-4-35-25(31)15-19-16-29(26(27(32)34-3)21-10-5-6-11-22(21)28)13-12-24(19)36-17-23(30)18-8-7-9-20(14-18)33-2/h5-11,14-15,24,26H,4,12-13,16-17H2,1-3H3/b19-15+/i2+1D3. The first-order chi connectivity index (χ1) is 18.5. The molecule has 2 aromatic carbocycles. The number of carbonyl (C=O) groups excluding carboxylic acids is 3. The van der Waals surface area contributed by atoms with Gasteiger partial charge in [-0.05, 0) is 42.7 Å². The lowest BCUT2D eigenvalue weighted by Gasteiger charge is -2.38. The van der Waals surface area contributed by atoms with Crippen LogP contribution >= 0.6 is 23.4 Å². The van der Waals surface area contributed by atoms with E-state index in [1.165, 1.54) is 37.1 Å². The Balaban J connectivity index is 1.79. The number of rotatable bonds is 10. The Morgan fingerprint density at radius 3 is 2.78 bits per heavy atom. The number of benzene rings is 2. The van der Waals surface area contributed by atoms with E-state index in [0.717, 1.165) is 0 Å². The Labute approximate surface area is 224 Å². The van der Waals surface area contributed by atoms with Gasteiger partial charge in [0.25, 0.3) is 0 Å². The summed E-state index contributed by atoms with van der Waals surface area (Å²) < 4.78 is 36.9. The van der Waals surface area contributed by atoms with Crippen molar-refractivity contribution >= 4 is 41.1 Å². The Morgan fingerprint density at radius 1 is 1.25 bits per heavy atom. The summed E-state index contributed by atoms with van der Waals surface area (Å²) in [4.78, 5) is 40.1. The summed E-state index contributed by atoms with van der Waals surface area (Å²) in [7, 11) is -1.31. The van der Waals surface area contributed by atoms with Crippen molar-refractivity contribution in [2.24, 2.45) is 0 Å². The van der Waals surface area contributed by atoms with Crippen LogP contribution < -0.4 is 4.74 Å². The minimum absolute atomic E-state index is 0.0791. The SMILES string of the molecule is [2H][13C]([2H])([2H])Oc1cccc(C(=O)CSC2CCN(C(C(=O)OC)c3ccccc3Cl)C/C2=C\C(=O)OCC)c1. The number of Topliss-reactive ketones (excluding diaryl/α,β-unsaturated/α-hetero) is 1. The first-order valence-corrected chi connectivity index (χ1v) is 12.8. The van der Waals surface area contributed by atoms with Gasteiger partial charge >= 0.3 is 11.9 Å². The molecule has 0 saturated carbocycles. The second kappa shape index (κ2) is 13.5. The van der Waals surface area contributed by atoms with Crippen molar-refractivity contribution < 1.29 is 32.7 Å². The van der Waals surface area contributed by atoms with E-state index >= 15 is 0 Å². The molecule has 0 amide bonds. The van der Waals surface area contributed by atoms with E-state index in [1.807, 2.05) is 4.90 Å². The molecular weight excluding hydrogens is 503 g/mol. The van der Waals surface area contributed by atoms with Crippen LogP contribution in [-0.4, -0.2) is 67.5 Å². The van der Waals surface area contributed by atoms with Crippen molar-refractivity contribution in [3.05, 3.63) is 76.3 Å². The second-order valence-corrected chi connectivity index (χ2v) is 9.63. The van der Waals surface area contributed by atoms with Crippen LogP contribution in [0, 0.1) is 0 Å². The van der Waals surface area contributed by atoms with Crippen molar-refractivity contribution in [1.82, 2.24) is 4.90 Å². The van der Waals surface area contributed by atoms with E-state index < -0.39 is 25.0 Å². The number of likely N-dealkylation sites (tertiary alicyclic amines) is 1. The highest BCUT2D eigenvalue weighted by Crippen LogP contribution is 2.35. The summed E-state index contributed by atoms with van der Waals surface area (Å²) >= 11 is 7.78. The molecule has 192 valence electrons. The predicted octanol–water partition coefficient (Wildman–Crippen LogP) is 4.74. The summed E-state index contributed by atoms with van der Waals surface area (Å²) in [5.41, 5.74) is 1.63. The molecule has 2 atom stereocenters. The molecule has 1 aliphatic rings. The van der Waals surface area contributed by atoms with Gasteiger partial charge in [0.15, 0.2) is 5.78 Å². The third-order valence-electron chi connectivity index (χ3n) is 5.75. The smallest absolute Gasteiger partial charge is 0.330 e. The number of methoxy groups -OCH3 is 2. The van der Waals surface area contributed by atoms with Gasteiger partial charge in [-0.25, -0.2) is 9.59 Å². The van der Waals surface area contributed by atoms with Gasteiger partial charge in [-0.2, -0.15) is 0 Å². The van der Waals surface area contributed by atoms with Gasteiger partial charge in [0.2, 0.25) is 0 Å². The Hall–Kier alpha value is -2.81. The molecule has 1 heterocycles. The number of piperidine rings is 1. The number of ether oxygens (including phenoxy) is 3. The van der Waals surface area contributed by atoms with Gasteiger partial charge in [0.05, 0.1) is 30.6 Å². The van der Waals surface area contributed by atoms with Crippen molar-refractivity contribution in [1.29, 1.82) is 0 Å². The normalized spacial score (nSPS) is 19.5. The molecule has 0 aliphatic carbocycles. The predicted molar refractivity (Wildman–Crippen MR) is 141 cm³/mol. The third kappa shape index (κ3) is 7.12. The number of hydrogen-bond acceptors (Lipinski definition) is 8. The molecule has 0 radical (unpaired) electrons. The molecule has 7 nitrogen and oxygen atoms in total. The average Bonchev–Trinajstić information content (AvgIpc) is 2.88. The van der Waals surface area contributed by atoms with Crippen LogP contribution in [0.4, 0.5) is 0 Å². The highest BCUT2D eigenvalue weighted by molar-refractivity contribution is 8.00. The number of ketones is 1. The minimum atomic E-state index is -2.62. The number of hydrogen-bond donors (Lipinski definition) is 0. The molecule has 36 heavy (non-hydrogen) atoms. The highest BCUT2D eigenvalue weighted by atomic mass is 35.5. The molecule has 1 aliphatic heterocycles. The molecule has 0 bridgehead atoms. The van der Waals surface area contributed by atoms with Gasteiger partial charge in [0.1, 0.15) is 11.8 Å². The van der Waals surface area contributed by atoms with Crippen LogP contribution in [0.5, 0.6) is 5.75 Å². The van der Waals surface area contributed by atoms with Crippen LogP contribution in [-0.2, 0) is 19.1 Å². The molecule has 2 unspecified atom stereocenters. The van der Waals surface area contributed by atoms with E-state index in [0.29, 0.717) is 34.7 Å². The topological polar surface area (TPSA) is 82.1 Å². The lowest BCUT2D eigenvalue weighted by molar-refractivity contribution is -0.147. The van der Waals surface area contributed by atoms with Crippen molar-refractivity contribution in [2.75, 3.05) is 39.6 Å². The number of carbonyl (C=O) groups is 3. The van der Waals surface area contributed by atoms with Gasteiger partial charge < -0.3 is 14.2 Å². The quantitative estimate of drug-likeness (QED) is 0.187. The van der Waals surface area contributed by atoms with Crippen LogP contribution in [0.2, 0.25) is 5.02 Å². The average molecular weight is 536 g/mol. The minimum Gasteiger partial charge on any atom is -0.497 e. The first-order valence-electron chi connectivity index (χ1n) is 12.9. The van der Waals surface area contributed by atoms with E-state index in [-0.39, 0.29) is 35.7 Å². The number of esters is 2. The zero-order chi connectivity index (χ0) is 28.6. The Bertz CT molecular complexity index is 1220.